The van der Waals surface area contributed by atoms with Crippen molar-refractivity contribution < 1.29 is 10.2 Å². The Hall–Kier alpha value is 0.270. The zero-order valence-corrected chi connectivity index (χ0v) is 7.76. The van der Waals surface area contributed by atoms with E-state index in [1.54, 1.807) is 0 Å². The van der Waals surface area contributed by atoms with E-state index in [0.717, 1.165) is 38.5 Å². The number of aliphatic hydroxyl groups is 2. The van der Waals surface area contributed by atoms with Crippen LogP contribution in [0, 0.1) is 0 Å². The monoisotopic (exact) mass is 178 g/mol. The van der Waals surface area contributed by atoms with Gasteiger partial charge in [-0.05, 0) is 12.8 Å². The molecule has 68 valence electrons. The Morgan fingerprint density at radius 1 is 1.00 bits per heavy atom. The molecule has 0 radical (unpaired) electrons. The molecule has 0 rings (SSSR count). The van der Waals surface area contributed by atoms with E-state index >= 15 is 0 Å². The molecule has 0 heterocycles. The van der Waals surface area contributed by atoms with E-state index in [4.69, 9.17) is 10.2 Å². The van der Waals surface area contributed by atoms with Crippen LogP contribution in [-0.2, 0) is 0 Å². The molecule has 11 heavy (non-hydrogen) atoms. The molecular formula is C8H18O2S. The molecule has 0 saturated carbocycles. The average Bonchev–Trinajstić information content (AvgIpc) is 1.96. The van der Waals surface area contributed by atoms with E-state index in [2.05, 4.69) is 12.6 Å². The molecule has 1 atom stereocenters. The Balaban J connectivity index is 2.80. The van der Waals surface area contributed by atoms with Crippen LogP contribution in [0.3, 0.4) is 0 Å². The zero-order chi connectivity index (χ0) is 8.53. The highest BCUT2D eigenvalue weighted by molar-refractivity contribution is 7.80. The molecule has 0 aromatic rings. The number of hydrogen-bond donors (Lipinski definition) is 3. The number of thiol groups is 1. The van der Waals surface area contributed by atoms with Gasteiger partial charge in [0.25, 0.3) is 0 Å². The van der Waals surface area contributed by atoms with E-state index in [1.165, 1.54) is 0 Å². The minimum absolute atomic E-state index is 0.301. The van der Waals surface area contributed by atoms with Crippen molar-refractivity contribution in [3.8, 4) is 0 Å². The highest BCUT2D eigenvalue weighted by atomic mass is 32.1. The summed E-state index contributed by atoms with van der Waals surface area (Å²) in [5.41, 5.74) is -0.451. The first-order chi connectivity index (χ1) is 5.27. The van der Waals surface area contributed by atoms with Crippen LogP contribution in [0.15, 0.2) is 0 Å². The van der Waals surface area contributed by atoms with Crippen LogP contribution in [0.2, 0.25) is 0 Å². The summed E-state index contributed by atoms with van der Waals surface area (Å²) in [5.74, 6) is 0. The van der Waals surface area contributed by atoms with Gasteiger partial charge < -0.3 is 10.2 Å². The van der Waals surface area contributed by atoms with Crippen LogP contribution in [0.4, 0.5) is 0 Å². The molecular weight excluding hydrogens is 160 g/mol. The molecule has 2 nitrogen and oxygen atoms in total. The van der Waals surface area contributed by atoms with E-state index in [1.807, 2.05) is 0 Å². The van der Waals surface area contributed by atoms with Crippen LogP contribution < -0.4 is 0 Å². The first-order valence-corrected chi connectivity index (χ1v) is 4.76. The van der Waals surface area contributed by atoms with E-state index < -0.39 is 5.44 Å². The molecule has 0 aromatic carbocycles. The Morgan fingerprint density at radius 3 is 2.09 bits per heavy atom. The predicted molar refractivity (Wildman–Crippen MR) is 49.8 cm³/mol. The Labute approximate surface area is 74.0 Å². The molecule has 0 spiro atoms. The van der Waals surface area contributed by atoms with Crippen molar-refractivity contribution in [3.05, 3.63) is 0 Å². The topological polar surface area (TPSA) is 40.5 Å². The molecule has 0 aliphatic heterocycles. The lowest BCUT2D eigenvalue weighted by molar-refractivity contribution is 0.248. The predicted octanol–water partition coefficient (Wildman–Crippen LogP) is 1.57. The molecule has 0 aromatic heterocycles. The van der Waals surface area contributed by atoms with Crippen molar-refractivity contribution in [1.82, 2.24) is 0 Å². The van der Waals surface area contributed by atoms with Gasteiger partial charge in [-0.2, -0.15) is 0 Å². The smallest absolute Gasteiger partial charge is 0.0964 e. The largest absolute Gasteiger partial charge is 0.396 e. The lowest BCUT2D eigenvalue weighted by Crippen LogP contribution is -1.94. The van der Waals surface area contributed by atoms with Crippen molar-refractivity contribution >= 4 is 12.6 Å². The summed E-state index contributed by atoms with van der Waals surface area (Å²) in [6, 6.07) is 0. The van der Waals surface area contributed by atoms with Gasteiger partial charge in [-0.15, -0.1) is 12.6 Å². The van der Waals surface area contributed by atoms with Gasteiger partial charge in [0.05, 0.1) is 5.44 Å². The second kappa shape index (κ2) is 8.37. The first-order valence-electron chi connectivity index (χ1n) is 4.24. The molecule has 0 bridgehead atoms. The second-order valence-electron chi connectivity index (χ2n) is 2.76. The van der Waals surface area contributed by atoms with Gasteiger partial charge in [0.1, 0.15) is 0 Å². The van der Waals surface area contributed by atoms with Gasteiger partial charge in [0.2, 0.25) is 0 Å². The SMILES string of the molecule is OCCCCCCCC(O)S. The lowest BCUT2D eigenvalue weighted by Gasteiger charge is -2.02. The average molecular weight is 178 g/mol. The third kappa shape index (κ3) is 10.3. The maximum Gasteiger partial charge on any atom is 0.0964 e. The minimum Gasteiger partial charge on any atom is -0.396 e. The summed E-state index contributed by atoms with van der Waals surface area (Å²) in [6.45, 7) is 0.301. The van der Waals surface area contributed by atoms with Crippen molar-refractivity contribution in [1.29, 1.82) is 0 Å². The number of rotatable bonds is 7. The van der Waals surface area contributed by atoms with Crippen LogP contribution in [-0.4, -0.2) is 22.3 Å². The normalized spacial score (nSPS) is 13.4. The molecule has 0 fully saturated rings. The third-order valence-electron chi connectivity index (χ3n) is 1.62. The maximum absolute atomic E-state index is 8.78. The first kappa shape index (κ1) is 11.3. The Morgan fingerprint density at radius 2 is 1.55 bits per heavy atom. The van der Waals surface area contributed by atoms with Crippen molar-refractivity contribution in [3.63, 3.8) is 0 Å². The Bertz CT molecular complexity index is 76.5. The van der Waals surface area contributed by atoms with Gasteiger partial charge in [0.15, 0.2) is 0 Å². The summed E-state index contributed by atoms with van der Waals surface area (Å²) in [4.78, 5) is 0. The summed E-state index contributed by atoms with van der Waals surface area (Å²) < 4.78 is 0. The van der Waals surface area contributed by atoms with Crippen molar-refractivity contribution in [2.75, 3.05) is 6.61 Å². The highest BCUT2D eigenvalue weighted by Crippen LogP contribution is 2.08. The van der Waals surface area contributed by atoms with Crippen LogP contribution >= 0.6 is 12.6 Å². The summed E-state index contributed by atoms with van der Waals surface area (Å²) in [6.07, 6.45) is 6.11. The second-order valence-corrected chi connectivity index (χ2v) is 3.36. The number of unbranched alkanes of at least 4 members (excludes halogenated alkanes) is 4. The maximum atomic E-state index is 8.78. The molecule has 1 unspecified atom stereocenters. The molecule has 0 saturated heterocycles. The van der Waals surface area contributed by atoms with E-state index in [0.29, 0.717) is 6.61 Å². The van der Waals surface area contributed by atoms with Crippen LogP contribution in [0.25, 0.3) is 0 Å². The summed E-state index contributed by atoms with van der Waals surface area (Å²) >= 11 is 3.86. The standard InChI is InChI=1S/C8H18O2S/c9-7-5-3-1-2-4-6-8(10)11/h8-11H,1-7H2. The van der Waals surface area contributed by atoms with Crippen molar-refractivity contribution in [2.24, 2.45) is 0 Å². The third-order valence-corrected chi connectivity index (χ3v) is 1.88. The molecule has 0 aliphatic carbocycles. The zero-order valence-electron chi connectivity index (χ0n) is 6.87. The summed E-state index contributed by atoms with van der Waals surface area (Å²) in [7, 11) is 0. The Kier molecular flexibility index (Phi) is 8.57. The van der Waals surface area contributed by atoms with Gasteiger partial charge in [-0.1, -0.05) is 25.7 Å². The molecule has 2 N–H and O–H groups in total. The van der Waals surface area contributed by atoms with Gasteiger partial charge in [-0.3, -0.25) is 0 Å². The van der Waals surface area contributed by atoms with Gasteiger partial charge >= 0.3 is 0 Å². The highest BCUT2D eigenvalue weighted by Gasteiger charge is 1.95. The summed E-state index contributed by atoms with van der Waals surface area (Å²) in [5, 5.41) is 17.2. The van der Waals surface area contributed by atoms with Crippen molar-refractivity contribution in [2.45, 2.75) is 44.0 Å². The van der Waals surface area contributed by atoms with Gasteiger partial charge in [0, 0.05) is 6.61 Å². The fraction of sp³-hybridized carbons (Fsp3) is 1.00. The quantitative estimate of drug-likeness (QED) is 0.314. The fourth-order valence-electron chi connectivity index (χ4n) is 0.969. The van der Waals surface area contributed by atoms with E-state index in [9.17, 15) is 0 Å². The van der Waals surface area contributed by atoms with E-state index in [-0.39, 0.29) is 0 Å². The minimum atomic E-state index is -0.451. The van der Waals surface area contributed by atoms with Crippen LogP contribution in [0.5, 0.6) is 0 Å². The van der Waals surface area contributed by atoms with Gasteiger partial charge in [-0.25, -0.2) is 0 Å². The number of aliphatic hydroxyl groups excluding tert-OH is 2. The lowest BCUT2D eigenvalue weighted by atomic mass is 10.1. The molecule has 3 heteroatoms. The number of hydrogen-bond acceptors (Lipinski definition) is 3. The molecule has 0 amide bonds. The van der Waals surface area contributed by atoms with Crippen LogP contribution in [0.1, 0.15) is 38.5 Å². The fourth-order valence-corrected chi connectivity index (χ4v) is 1.15. The molecule has 0 aliphatic rings.